The molecule has 0 aliphatic heterocycles. The molecule has 0 aromatic carbocycles. The first-order valence-electron chi connectivity index (χ1n) is 5.64. The third kappa shape index (κ3) is 1.65. The van der Waals surface area contributed by atoms with Gasteiger partial charge in [-0.15, -0.1) is 0 Å². The summed E-state index contributed by atoms with van der Waals surface area (Å²) in [5, 5.41) is 8.88. The summed E-state index contributed by atoms with van der Waals surface area (Å²) in [7, 11) is 0. The van der Waals surface area contributed by atoms with E-state index in [1.807, 2.05) is 0 Å². The summed E-state index contributed by atoms with van der Waals surface area (Å²) in [5.41, 5.74) is 4.86. The van der Waals surface area contributed by atoms with E-state index in [-0.39, 0.29) is 0 Å². The lowest BCUT2D eigenvalue weighted by Gasteiger charge is -2.46. The standard InChI is InChI=1S/C11H19NO2/c12-11(10(13)14)6-9(7-11)8-4-2-1-3-5-8/h8-9H,1-7,12H2,(H,13,14). The number of carbonyl (C=O) groups is 1. The van der Waals surface area contributed by atoms with E-state index < -0.39 is 11.5 Å². The van der Waals surface area contributed by atoms with Crippen molar-refractivity contribution in [2.24, 2.45) is 17.6 Å². The van der Waals surface area contributed by atoms with Gasteiger partial charge in [-0.3, -0.25) is 4.79 Å². The Morgan fingerprint density at radius 3 is 2.21 bits per heavy atom. The molecule has 2 aliphatic rings. The average molecular weight is 197 g/mol. The van der Waals surface area contributed by atoms with Crippen LogP contribution in [0.25, 0.3) is 0 Å². The quantitative estimate of drug-likeness (QED) is 0.709. The normalized spacial score (nSPS) is 39.1. The molecule has 2 aliphatic carbocycles. The second-order valence-electron chi connectivity index (χ2n) is 5.03. The summed E-state index contributed by atoms with van der Waals surface area (Å²) >= 11 is 0. The van der Waals surface area contributed by atoms with Crippen LogP contribution in [0.2, 0.25) is 0 Å². The smallest absolute Gasteiger partial charge is 0.323 e. The molecule has 0 atom stereocenters. The number of aliphatic carboxylic acids is 1. The summed E-state index contributed by atoms with van der Waals surface area (Å²) < 4.78 is 0. The van der Waals surface area contributed by atoms with Gasteiger partial charge < -0.3 is 10.8 Å². The Balaban J connectivity index is 1.84. The zero-order chi connectivity index (χ0) is 10.2. The van der Waals surface area contributed by atoms with Gasteiger partial charge >= 0.3 is 5.97 Å². The van der Waals surface area contributed by atoms with Gasteiger partial charge in [0.2, 0.25) is 0 Å². The van der Waals surface area contributed by atoms with Crippen LogP contribution in [0.4, 0.5) is 0 Å². The van der Waals surface area contributed by atoms with E-state index in [2.05, 4.69) is 0 Å². The maximum absolute atomic E-state index is 10.8. The number of hydrogen-bond acceptors (Lipinski definition) is 2. The number of nitrogens with two attached hydrogens (primary N) is 1. The molecule has 2 saturated carbocycles. The van der Waals surface area contributed by atoms with E-state index in [0.717, 1.165) is 5.92 Å². The fourth-order valence-corrected chi connectivity index (χ4v) is 2.99. The lowest BCUT2D eigenvalue weighted by atomic mass is 9.61. The Morgan fingerprint density at radius 1 is 1.14 bits per heavy atom. The first-order valence-corrected chi connectivity index (χ1v) is 5.64. The molecule has 0 unspecified atom stereocenters. The molecule has 3 heteroatoms. The topological polar surface area (TPSA) is 63.3 Å². The Labute approximate surface area is 84.7 Å². The molecule has 80 valence electrons. The van der Waals surface area contributed by atoms with Gasteiger partial charge in [-0.05, 0) is 24.7 Å². The highest BCUT2D eigenvalue weighted by molar-refractivity contribution is 5.79. The highest BCUT2D eigenvalue weighted by atomic mass is 16.4. The average Bonchev–Trinajstić information content (AvgIpc) is 2.14. The van der Waals surface area contributed by atoms with E-state index >= 15 is 0 Å². The Morgan fingerprint density at radius 2 is 1.71 bits per heavy atom. The molecule has 3 nitrogen and oxygen atoms in total. The minimum absolute atomic E-state index is 0.594. The van der Waals surface area contributed by atoms with Gasteiger partial charge in [-0.2, -0.15) is 0 Å². The SMILES string of the molecule is NC1(C(=O)O)CC(C2CCCCC2)C1. The first-order chi connectivity index (χ1) is 6.62. The van der Waals surface area contributed by atoms with E-state index in [1.54, 1.807) is 0 Å². The van der Waals surface area contributed by atoms with Crippen molar-refractivity contribution in [3.63, 3.8) is 0 Å². The van der Waals surface area contributed by atoms with Crippen LogP contribution in [0.3, 0.4) is 0 Å². The van der Waals surface area contributed by atoms with Crippen LogP contribution in [0.15, 0.2) is 0 Å². The Kier molecular flexibility index (Phi) is 2.52. The van der Waals surface area contributed by atoms with Crippen molar-refractivity contribution < 1.29 is 9.90 Å². The molecule has 0 spiro atoms. The predicted octanol–water partition coefficient (Wildman–Crippen LogP) is 1.76. The first kappa shape index (κ1) is 9.97. The molecule has 0 bridgehead atoms. The number of rotatable bonds is 2. The number of hydrogen-bond donors (Lipinski definition) is 2. The van der Waals surface area contributed by atoms with Crippen LogP contribution in [0.1, 0.15) is 44.9 Å². The minimum Gasteiger partial charge on any atom is -0.480 e. The number of carboxylic acids is 1. The monoisotopic (exact) mass is 197 g/mol. The molecule has 0 aromatic rings. The summed E-state index contributed by atoms with van der Waals surface area (Å²) in [4.78, 5) is 10.8. The van der Waals surface area contributed by atoms with Crippen molar-refractivity contribution >= 4 is 5.97 Å². The van der Waals surface area contributed by atoms with Crippen molar-refractivity contribution in [2.45, 2.75) is 50.5 Å². The van der Waals surface area contributed by atoms with Gasteiger partial charge in [0, 0.05) is 0 Å². The van der Waals surface area contributed by atoms with Gasteiger partial charge in [0.25, 0.3) is 0 Å². The van der Waals surface area contributed by atoms with E-state index in [1.165, 1.54) is 32.1 Å². The second-order valence-corrected chi connectivity index (χ2v) is 5.03. The highest BCUT2D eigenvalue weighted by Crippen LogP contribution is 2.45. The van der Waals surface area contributed by atoms with Crippen molar-refractivity contribution in [3.8, 4) is 0 Å². The maximum atomic E-state index is 10.8. The molecule has 0 heterocycles. The molecule has 3 N–H and O–H groups in total. The molecule has 0 amide bonds. The van der Waals surface area contributed by atoms with Gasteiger partial charge in [0.05, 0.1) is 0 Å². The molecule has 0 aromatic heterocycles. The predicted molar refractivity (Wildman–Crippen MR) is 53.9 cm³/mol. The Hall–Kier alpha value is -0.570. The van der Waals surface area contributed by atoms with E-state index in [4.69, 9.17) is 10.8 Å². The molecule has 0 saturated heterocycles. The van der Waals surface area contributed by atoms with Crippen molar-refractivity contribution in [2.75, 3.05) is 0 Å². The van der Waals surface area contributed by atoms with Gasteiger partial charge in [0.1, 0.15) is 5.54 Å². The van der Waals surface area contributed by atoms with Gasteiger partial charge in [-0.1, -0.05) is 32.1 Å². The lowest BCUT2D eigenvalue weighted by molar-refractivity contribution is -0.150. The van der Waals surface area contributed by atoms with E-state index in [9.17, 15) is 4.79 Å². The van der Waals surface area contributed by atoms with Crippen LogP contribution < -0.4 is 5.73 Å². The third-order valence-corrected chi connectivity index (χ3v) is 4.00. The van der Waals surface area contributed by atoms with Crippen LogP contribution >= 0.6 is 0 Å². The summed E-state index contributed by atoms with van der Waals surface area (Å²) in [6.07, 6.45) is 7.99. The highest BCUT2D eigenvalue weighted by Gasteiger charge is 2.49. The fraction of sp³-hybridized carbons (Fsp3) is 0.909. The Bertz CT molecular complexity index is 227. The zero-order valence-electron chi connectivity index (χ0n) is 8.54. The van der Waals surface area contributed by atoms with Crippen molar-refractivity contribution in [1.29, 1.82) is 0 Å². The third-order valence-electron chi connectivity index (χ3n) is 4.00. The van der Waals surface area contributed by atoms with Crippen LogP contribution in [0.5, 0.6) is 0 Å². The molecule has 2 fully saturated rings. The van der Waals surface area contributed by atoms with Crippen LogP contribution in [-0.2, 0) is 4.79 Å². The fourth-order valence-electron chi connectivity index (χ4n) is 2.99. The van der Waals surface area contributed by atoms with Gasteiger partial charge in [0.15, 0.2) is 0 Å². The molecular weight excluding hydrogens is 178 g/mol. The van der Waals surface area contributed by atoms with Crippen LogP contribution in [0, 0.1) is 11.8 Å². The molecule has 0 radical (unpaired) electrons. The molecule has 14 heavy (non-hydrogen) atoms. The minimum atomic E-state index is -0.887. The van der Waals surface area contributed by atoms with Crippen molar-refractivity contribution in [1.82, 2.24) is 0 Å². The van der Waals surface area contributed by atoms with Crippen molar-refractivity contribution in [3.05, 3.63) is 0 Å². The summed E-state index contributed by atoms with van der Waals surface area (Å²) in [5.74, 6) is 0.542. The van der Waals surface area contributed by atoms with Gasteiger partial charge in [-0.25, -0.2) is 0 Å². The molecular formula is C11H19NO2. The summed E-state index contributed by atoms with van der Waals surface area (Å²) in [6.45, 7) is 0. The molecule has 2 rings (SSSR count). The van der Waals surface area contributed by atoms with Crippen LogP contribution in [-0.4, -0.2) is 16.6 Å². The second kappa shape index (κ2) is 3.54. The van der Waals surface area contributed by atoms with E-state index in [0.29, 0.717) is 18.8 Å². The number of carboxylic acid groups (broad SMARTS) is 1. The maximum Gasteiger partial charge on any atom is 0.323 e. The zero-order valence-corrected chi connectivity index (χ0v) is 8.54. The lowest BCUT2D eigenvalue weighted by Crippen LogP contribution is -2.59. The summed E-state index contributed by atoms with van der Waals surface area (Å²) in [6, 6.07) is 0. The largest absolute Gasteiger partial charge is 0.480 e.